The summed E-state index contributed by atoms with van der Waals surface area (Å²) in [6, 6.07) is 10.0. The van der Waals surface area contributed by atoms with Crippen LogP contribution in [-0.2, 0) is 13.0 Å². The second-order valence-corrected chi connectivity index (χ2v) is 4.73. The summed E-state index contributed by atoms with van der Waals surface area (Å²) in [5, 5.41) is 9.07. The van der Waals surface area contributed by atoms with Crippen LogP contribution in [0.25, 0.3) is 0 Å². The fourth-order valence-electron chi connectivity index (χ4n) is 2.63. The van der Waals surface area contributed by atoms with Crippen molar-refractivity contribution in [2.24, 2.45) is 0 Å². The van der Waals surface area contributed by atoms with Crippen molar-refractivity contribution < 1.29 is 14.3 Å². The Morgan fingerprint density at radius 1 is 1.32 bits per heavy atom. The monoisotopic (exact) mass is 257 g/mol. The van der Waals surface area contributed by atoms with Crippen molar-refractivity contribution in [2.75, 3.05) is 11.4 Å². The molecular formula is C15H15NO3. The lowest BCUT2D eigenvalue weighted by Gasteiger charge is -2.31. The number of carboxylic acid groups (broad SMARTS) is 1. The van der Waals surface area contributed by atoms with Gasteiger partial charge in [0, 0.05) is 24.3 Å². The van der Waals surface area contributed by atoms with Gasteiger partial charge in [0.25, 0.3) is 0 Å². The van der Waals surface area contributed by atoms with Crippen molar-refractivity contribution in [2.45, 2.75) is 19.4 Å². The number of aromatic carboxylic acids is 1. The Morgan fingerprint density at radius 2 is 2.16 bits per heavy atom. The summed E-state index contributed by atoms with van der Waals surface area (Å²) in [5.74, 6) is -0.964. The first-order valence-corrected chi connectivity index (χ1v) is 6.38. The molecule has 1 aromatic carbocycles. The third-order valence-corrected chi connectivity index (χ3v) is 3.51. The Hall–Kier alpha value is -2.23. The number of carboxylic acids is 1. The third kappa shape index (κ3) is 2.21. The summed E-state index contributed by atoms with van der Waals surface area (Å²) in [5.41, 5.74) is 3.25. The molecule has 19 heavy (non-hydrogen) atoms. The van der Waals surface area contributed by atoms with E-state index in [9.17, 15) is 4.79 Å². The molecule has 0 radical (unpaired) electrons. The molecule has 1 aliphatic rings. The number of fused-ring (bicyclic) bond motifs is 1. The average Bonchev–Trinajstić information content (AvgIpc) is 2.87. The number of nitrogens with zero attached hydrogens (tertiary/aromatic N) is 1. The maximum absolute atomic E-state index is 11.1. The summed E-state index contributed by atoms with van der Waals surface area (Å²) in [6.07, 6.45) is 3.62. The van der Waals surface area contributed by atoms with Gasteiger partial charge in [-0.15, -0.1) is 0 Å². The molecule has 1 aliphatic heterocycles. The van der Waals surface area contributed by atoms with Crippen molar-refractivity contribution in [3.63, 3.8) is 0 Å². The van der Waals surface area contributed by atoms with Gasteiger partial charge >= 0.3 is 5.97 Å². The number of furan rings is 1. The second-order valence-electron chi connectivity index (χ2n) is 4.73. The molecule has 2 heterocycles. The minimum atomic E-state index is -1.01. The Balaban J connectivity index is 1.89. The van der Waals surface area contributed by atoms with Crippen LogP contribution < -0.4 is 4.90 Å². The molecule has 1 aromatic heterocycles. The van der Waals surface area contributed by atoms with E-state index in [1.165, 1.54) is 17.5 Å². The average molecular weight is 257 g/mol. The van der Waals surface area contributed by atoms with E-state index >= 15 is 0 Å². The molecule has 0 aliphatic carbocycles. The first-order chi connectivity index (χ1) is 9.25. The summed E-state index contributed by atoms with van der Waals surface area (Å²) in [4.78, 5) is 13.3. The maximum atomic E-state index is 11.1. The van der Waals surface area contributed by atoms with Crippen LogP contribution in [0.5, 0.6) is 0 Å². The molecule has 0 saturated heterocycles. The lowest BCUT2D eigenvalue weighted by atomic mass is 10.0. The highest BCUT2D eigenvalue weighted by atomic mass is 16.4. The fourth-order valence-corrected chi connectivity index (χ4v) is 2.63. The van der Waals surface area contributed by atoms with E-state index in [4.69, 9.17) is 9.52 Å². The summed E-state index contributed by atoms with van der Waals surface area (Å²) >= 11 is 0. The Kier molecular flexibility index (Phi) is 2.99. The van der Waals surface area contributed by atoms with Crippen LogP contribution in [-0.4, -0.2) is 17.6 Å². The van der Waals surface area contributed by atoms with Gasteiger partial charge in [0.1, 0.15) is 0 Å². The number of hydrogen-bond acceptors (Lipinski definition) is 3. The Morgan fingerprint density at radius 3 is 3.00 bits per heavy atom. The molecule has 0 unspecified atom stereocenters. The van der Waals surface area contributed by atoms with Gasteiger partial charge in [-0.05, 0) is 30.5 Å². The van der Waals surface area contributed by atoms with Gasteiger partial charge in [0.2, 0.25) is 5.76 Å². The summed E-state index contributed by atoms with van der Waals surface area (Å²) in [6.45, 7) is 1.52. The zero-order valence-electron chi connectivity index (χ0n) is 10.5. The quantitative estimate of drug-likeness (QED) is 0.918. The topological polar surface area (TPSA) is 53.7 Å². The van der Waals surface area contributed by atoms with Gasteiger partial charge in [-0.1, -0.05) is 18.2 Å². The molecule has 4 nitrogen and oxygen atoms in total. The van der Waals surface area contributed by atoms with E-state index in [1.807, 2.05) is 12.1 Å². The zero-order valence-corrected chi connectivity index (χ0v) is 10.5. The Bertz CT molecular complexity index is 603. The van der Waals surface area contributed by atoms with E-state index in [0.29, 0.717) is 6.54 Å². The van der Waals surface area contributed by atoms with Crippen LogP contribution in [0.2, 0.25) is 0 Å². The molecule has 2 aromatic rings. The van der Waals surface area contributed by atoms with E-state index < -0.39 is 5.97 Å². The lowest BCUT2D eigenvalue weighted by molar-refractivity contribution is 0.0661. The normalized spacial score (nSPS) is 14.2. The molecule has 0 bridgehead atoms. The number of aryl methyl sites for hydroxylation is 1. The van der Waals surface area contributed by atoms with Crippen molar-refractivity contribution in [1.29, 1.82) is 0 Å². The van der Waals surface area contributed by atoms with Crippen LogP contribution in [0, 0.1) is 0 Å². The predicted molar refractivity (Wildman–Crippen MR) is 71.5 cm³/mol. The molecule has 0 atom stereocenters. The summed E-state index contributed by atoms with van der Waals surface area (Å²) < 4.78 is 5.03. The standard InChI is InChI=1S/C15H15NO3/c17-15(18)14-12(7-9-19-14)10-16-8-3-5-11-4-1-2-6-13(11)16/h1-2,4,6-7,9H,3,5,8,10H2,(H,17,18). The van der Waals surface area contributed by atoms with E-state index in [-0.39, 0.29) is 5.76 Å². The number of para-hydroxylation sites is 1. The van der Waals surface area contributed by atoms with Crippen LogP contribution in [0.15, 0.2) is 41.0 Å². The first kappa shape index (κ1) is 11.8. The van der Waals surface area contributed by atoms with Crippen molar-refractivity contribution >= 4 is 11.7 Å². The zero-order chi connectivity index (χ0) is 13.2. The van der Waals surface area contributed by atoms with Gasteiger partial charge in [-0.2, -0.15) is 0 Å². The number of rotatable bonds is 3. The maximum Gasteiger partial charge on any atom is 0.372 e. The highest BCUT2D eigenvalue weighted by Crippen LogP contribution is 2.28. The van der Waals surface area contributed by atoms with Crippen molar-refractivity contribution in [3.8, 4) is 0 Å². The van der Waals surface area contributed by atoms with Crippen LogP contribution in [0.3, 0.4) is 0 Å². The van der Waals surface area contributed by atoms with Gasteiger partial charge in [0.05, 0.1) is 6.26 Å². The fraction of sp³-hybridized carbons (Fsp3) is 0.267. The lowest BCUT2D eigenvalue weighted by Crippen LogP contribution is -2.29. The third-order valence-electron chi connectivity index (χ3n) is 3.51. The molecule has 0 amide bonds. The van der Waals surface area contributed by atoms with E-state index in [2.05, 4.69) is 17.0 Å². The minimum Gasteiger partial charge on any atom is -0.475 e. The smallest absolute Gasteiger partial charge is 0.372 e. The highest BCUT2D eigenvalue weighted by molar-refractivity contribution is 5.86. The highest BCUT2D eigenvalue weighted by Gasteiger charge is 2.20. The van der Waals surface area contributed by atoms with Gasteiger partial charge in [-0.25, -0.2) is 4.79 Å². The van der Waals surface area contributed by atoms with Gasteiger partial charge in [-0.3, -0.25) is 0 Å². The van der Waals surface area contributed by atoms with Crippen molar-refractivity contribution in [1.82, 2.24) is 0 Å². The van der Waals surface area contributed by atoms with Crippen LogP contribution >= 0.6 is 0 Å². The molecule has 3 rings (SSSR count). The SMILES string of the molecule is O=C(O)c1occc1CN1CCCc2ccccc21. The van der Waals surface area contributed by atoms with E-state index in [0.717, 1.165) is 24.9 Å². The second kappa shape index (κ2) is 4.80. The molecule has 0 spiro atoms. The number of benzene rings is 1. The van der Waals surface area contributed by atoms with Crippen molar-refractivity contribution in [3.05, 3.63) is 53.5 Å². The largest absolute Gasteiger partial charge is 0.475 e. The van der Waals surface area contributed by atoms with Crippen LogP contribution in [0.1, 0.15) is 28.1 Å². The predicted octanol–water partition coefficient (Wildman–Crippen LogP) is 2.93. The summed E-state index contributed by atoms with van der Waals surface area (Å²) in [7, 11) is 0. The molecule has 98 valence electrons. The van der Waals surface area contributed by atoms with Gasteiger partial charge < -0.3 is 14.4 Å². The molecule has 1 N–H and O–H groups in total. The first-order valence-electron chi connectivity index (χ1n) is 6.38. The van der Waals surface area contributed by atoms with Crippen LogP contribution in [0.4, 0.5) is 5.69 Å². The molecule has 0 fully saturated rings. The molecular weight excluding hydrogens is 242 g/mol. The Labute approximate surface area is 111 Å². The number of hydrogen-bond donors (Lipinski definition) is 1. The number of carbonyl (C=O) groups is 1. The number of anilines is 1. The molecule has 0 saturated carbocycles. The van der Waals surface area contributed by atoms with Gasteiger partial charge in [0.15, 0.2) is 0 Å². The molecule has 4 heteroatoms. The van der Waals surface area contributed by atoms with E-state index in [1.54, 1.807) is 6.07 Å². The minimum absolute atomic E-state index is 0.0445.